The summed E-state index contributed by atoms with van der Waals surface area (Å²) in [5.74, 6) is 0.861. The Morgan fingerprint density at radius 3 is 1.62 bits per heavy atom. The van der Waals surface area contributed by atoms with Crippen LogP contribution in [0.5, 0.6) is 0 Å². The van der Waals surface area contributed by atoms with E-state index in [4.69, 9.17) is 4.98 Å². The monoisotopic (exact) mass is 682 g/mol. The molecule has 0 N–H and O–H groups in total. The van der Waals surface area contributed by atoms with Crippen molar-refractivity contribution in [2.24, 2.45) is 11.8 Å². The topological polar surface area (TPSA) is 35.6 Å². The Kier molecular flexibility index (Phi) is 7.61. The molecule has 0 radical (unpaired) electrons. The minimum absolute atomic E-state index is 0.414. The van der Waals surface area contributed by atoms with E-state index < -0.39 is 0 Å². The summed E-state index contributed by atoms with van der Waals surface area (Å²) in [5, 5.41) is 2.38. The van der Waals surface area contributed by atoms with Gasteiger partial charge in [-0.25, -0.2) is 0 Å². The number of aromatic nitrogens is 4. The Bertz CT molecular complexity index is 2730. The van der Waals surface area contributed by atoms with Crippen LogP contribution in [-0.2, 0) is 12.8 Å². The molecular weight excluding hydrogens is 645 g/mol. The number of hydrogen-bond donors (Lipinski definition) is 0. The van der Waals surface area contributed by atoms with Crippen molar-refractivity contribution in [1.82, 2.24) is 19.1 Å². The minimum atomic E-state index is 0.414. The van der Waals surface area contributed by atoms with Gasteiger partial charge in [0.05, 0.1) is 33.1 Å². The third-order valence-corrected chi connectivity index (χ3v) is 11.1. The standard InChI is InChI=1S/C49H38N4/c1-33-30-41(53-45-11-5-3-9-43(45)49-47(53)13-7-29-51-49)27-24-39(33)32-36-16-22-38(23-17-36)37-20-14-34(15-21-37)31-35-18-25-40(26-19-35)52-44-10-4-2-8-42(44)48-46(52)12-6-28-50-48/h2-30,33,39H,31-32H2,1H3. The summed E-state index contributed by atoms with van der Waals surface area (Å²) in [6.45, 7) is 2.34. The molecule has 9 aromatic rings. The third kappa shape index (κ3) is 5.55. The Morgan fingerprint density at radius 2 is 1.02 bits per heavy atom. The summed E-state index contributed by atoms with van der Waals surface area (Å²) >= 11 is 0. The van der Waals surface area contributed by atoms with E-state index in [1.165, 1.54) is 55.3 Å². The molecule has 0 bridgehead atoms. The quantitative estimate of drug-likeness (QED) is 0.168. The summed E-state index contributed by atoms with van der Waals surface area (Å²) in [7, 11) is 0. The van der Waals surface area contributed by atoms with Gasteiger partial charge >= 0.3 is 0 Å². The van der Waals surface area contributed by atoms with Gasteiger partial charge in [0.15, 0.2) is 0 Å². The van der Waals surface area contributed by atoms with Crippen LogP contribution in [0.15, 0.2) is 176 Å². The predicted molar refractivity (Wildman–Crippen MR) is 220 cm³/mol. The maximum Gasteiger partial charge on any atom is 0.0963 e. The van der Waals surface area contributed by atoms with Crippen LogP contribution in [0, 0.1) is 11.8 Å². The fraction of sp³-hybridized carbons (Fsp3) is 0.102. The van der Waals surface area contributed by atoms with Gasteiger partial charge in [-0.15, -0.1) is 0 Å². The number of pyridine rings is 2. The van der Waals surface area contributed by atoms with Crippen LogP contribution in [0.25, 0.3) is 66.4 Å². The van der Waals surface area contributed by atoms with Crippen LogP contribution in [0.4, 0.5) is 0 Å². The molecule has 53 heavy (non-hydrogen) atoms. The van der Waals surface area contributed by atoms with Crippen molar-refractivity contribution >= 4 is 49.6 Å². The fourth-order valence-corrected chi connectivity index (χ4v) is 8.29. The van der Waals surface area contributed by atoms with Crippen LogP contribution in [0.3, 0.4) is 0 Å². The lowest BCUT2D eigenvalue weighted by molar-refractivity contribution is 0.504. The first-order chi connectivity index (χ1) is 26.2. The van der Waals surface area contributed by atoms with Gasteiger partial charge in [0, 0.05) is 34.6 Å². The molecule has 2 atom stereocenters. The Balaban J connectivity index is 0.812. The zero-order valence-corrected chi connectivity index (χ0v) is 29.6. The van der Waals surface area contributed by atoms with Crippen molar-refractivity contribution in [2.45, 2.75) is 19.8 Å². The molecule has 0 fully saturated rings. The van der Waals surface area contributed by atoms with Gasteiger partial charge in [-0.3, -0.25) is 9.97 Å². The molecule has 0 saturated heterocycles. The highest BCUT2D eigenvalue weighted by Crippen LogP contribution is 2.35. The number of fused-ring (bicyclic) bond motifs is 6. The zero-order valence-electron chi connectivity index (χ0n) is 29.6. The smallest absolute Gasteiger partial charge is 0.0963 e. The first-order valence-corrected chi connectivity index (χ1v) is 18.5. The molecule has 0 aliphatic heterocycles. The molecule has 4 heteroatoms. The van der Waals surface area contributed by atoms with Crippen molar-refractivity contribution in [3.63, 3.8) is 0 Å². The van der Waals surface area contributed by atoms with E-state index in [1.54, 1.807) is 0 Å². The van der Waals surface area contributed by atoms with Crippen LogP contribution in [0.1, 0.15) is 23.6 Å². The second kappa shape index (κ2) is 12.9. The van der Waals surface area contributed by atoms with E-state index in [0.717, 1.165) is 40.6 Å². The van der Waals surface area contributed by atoms with Crippen LogP contribution < -0.4 is 0 Å². The lowest BCUT2D eigenvalue weighted by Gasteiger charge is -2.24. The van der Waals surface area contributed by atoms with Gasteiger partial charge < -0.3 is 9.13 Å². The van der Waals surface area contributed by atoms with Gasteiger partial charge in [-0.05, 0) is 107 Å². The number of hydrogen-bond acceptors (Lipinski definition) is 2. The number of benzene rings is 5. The molecule has 2 unspecified atom stereocenters. The highest BCUT2D eigenvalue weighted by atomic mass is 15.0. The fourth-order valence-electron chi connectivity index (χ4n) is 8.29. The van der Waals surface area contributed by atoms with E-state index >= 15 is 0 Å². The van der Waals surface area contributed by atoms with Crippen molar-refractivity contribution in [3.8, 4) is 16.8 Å². The SMILES string of the molecule is CC1C=C(n2c3ccccc3c3ncccc32)C=CC1Cc1ccc(-c2ccc(Cc3ccc(-n4c5ccccc5c5ncccc54)cc3)cc2)cc1. The molecular formula is C49H38N4. The van der Waals surface area contributed by atoms with Gasteiger partial charge in [0.1, 0.15) is 0 Å². The van der Waals surface area contributed by atoms with Gasteiger partial charge in [0.25, 0.3) is 0 Å². The molecule has 4 aromatic heterocycles. The summed E-state index contributed by atoms with van der Waals surface area (Å²) in [5.41, 5.74) is 15.6. The zero-order chi connectivity index (χ0) is 35.3. The number of allylic oxidation sites excluding steroid dienone is 4. The molecule has 254 valence electrons. The molecule has 0 amide bonds. The van der Waals surface area contributed by atoms with Crippen LogP contribution in [0.2, 0.25) is 0 Å². The van der Waals surface area contributed by atoms with Crippen LogP contribution >= 0.6 is 0 Å². The highest BCUT2D eigenvalue weighted by molar-refractivity contribution is 6.08. The van der Waals surface area contributed by atoms with E-state index in [1.807, 2.05) is 24.5 Å². The number of nitrogens with zero attached hydrogens (tertiary/aromatic N) is 4. The van der Waals surface area contributed by atoms with Crippen LogP contribution in [-0.4, -0.2) is 19.1 Å². The molecule has 4 heterocycles. The maximum atomic E-state index is 4.71. The third-order valence-electron chi connectivity index (χ3n) is 11.1. The molecule has 0 spiro atoms. The second-order valence-corrected chi connectivity index (χ2v) is 14.4. The average molecular weight is 683 g/mol. The van der Waals surface area contributed by atoms with Gasteiger partial charge in [-0.2, -0.15) is 0 Å². The van der Waals surface area contributed by atoms with Crippen molar-refractivity contribution in [2.75, 3.05) is 0 Å². The Labute approximate surface area is 309 Å². The van der Waals surface area contributed by atoms with E-state index in [9.17, 15) is 0 Å². The average Bonchev–Trinajstić information content (AvgIpc) is 3.73. The molecule has 1 aliphatic rings. The van der Waals surface area contributed by atoms with Crippen molar-refractivity contribution in [1.29, 1.82) is 0 Å². The van der Waals surface area contributed by atoms with Gasteiger partial charge in [-0.1, -0.05) is 116 Å². The summed E-state index contributed by atoms with van der Waals surface area (Å²) < 4.78 is 4.68. The largest absolute Gasteiger partial charge is 0.308 e. The Hall–Kier alpha value is -6.52. The lowest BCUT2D eigenvalue weighted by Crippen LogP contribution is -2.15. The predicted octanol–water partition coefficient (Wildman–Crippen LogP) is 11.8. The van der Waals surface area contributed by atoms with E-state index in [-0.39, 0.29) is 0 Å². The first-order valence-electron chi connectivity index (χ1n) is 18.5. The first kappa shape index (κ1) is 31.2. The van der Waals surface area contributed by atoms with E-state index in [2.05, 4.69) is 173 Å². The van der Waals surface area contributed by atoms with Gasteiger partial charge in [0.2, 0.25) is 0 Å². The molecule has 4 nitrogen and oxygen atoms in total. The number of para-hydroxylation sites is 2. The molecule has 5 aromatic carbocycles. The number of rotatable bonds is 7. The van der Waals surface area contributed by atoms with Crippen molar-refractivity contribution in [3.05, 3.63) is 193 Å². The summed E-state index contributed by atoms with van der Waals surface area (Å²) in [6.07, 6.45) is 12.8. The maximum absolute atomic E-state index is 4.71. The lowest BCUT2D eigenvalue weighted by atomic mass is 9.84. The molecule has 10 rings (SSSR count). The molecule has 0 saturated carbocycles. The minimum Gasteiger partial charge on any atom is -0.308 e. The highest BCUT2D eigenvalue weighted by Gasteiger charge is 2.21. The summed E-state index contributed by atoms with van der Waals surface area (Å²) in [4.78, 5) is 9.40. The second-order valence-electron chi connectivity index (χ2n) is 14.4. The Morgan fingerprint density at radius 1 is 0.509 bits per heavy atom. The van der Waals surface area contributed by atoms with E-state index in [0.29, 0.717) is 11.8 Å². The normalized spacial score (nSPS) is 15.8. The van der Waals surface area contributed by atoms with Crippen molar-refractivity contribution < 1.29 is 0 Å². The molecule has 1 aliphatic carbocycles. The summed E-state index contributed by atoms with van der Waals surface area (Å²) in [6, 6.07) is 52.6.